The van der Waals surface area contributed by atoms with Crippen molar-refractivity contribution >= 4 is 35.2 Å². The highest BCUT2D eigenvalue weighted by Gasteiger charge is 2.45. The Morgan fingerprint density at radius 2 is 1.81 bits per heavy atom. The molecule has 2 fully saturated rings. The van der Waals surface area contributed by atoms with Crippen LogP contribution < -0.4 is 10.6 Å². The van der Waals surface area contributed by atoms with E-state index in [1.807, 2.05) is 0 Å². The molecule has 4 rings (SSSR count). The van der Waals surface area contributed by atoms with Crippen LogP contribution in [0.2, 0.25) is 5.02 Å². The van der Waals surface area contributed by atoms with Gasteiger partial charge in [0.1, 0.15) is 6.04 Å². The summed E-state index contributed by atoms with van der Waals surface area (Å²) in [5.41, 5.74) is 1.21. The summed E-state index contributed by atoms with van der Waals surface area (Å²) in [5, 5.41) is 5.68. The highest BCUT2D eigenvalue weighted by Crippen LogP contribution is 2.33. The highest BCUT2D eigenvalue weighted by molar-refractivity contribution is 6.37. The number of carbonyl (C=O) groups is 4. The first-order chi connectivity index (χ1) is 13.0. The van der Waals surface area contributed by atoms with Gasteiger partial charge in [-0.15, -0.1) is 0 Å². The van der Waals surface area contributed by atoms with Crippen molar-refractivity contribution in [3.05, 3.63) is 33.8 Å². The van der Waals surface area contributed by atoms with Gasteiger partial charge in [0.05, 0.1) is 16.1 Å². The van der Waals surface area contributed by atoms with E-state index < -0.39 is 29.7 Å². The second kappa shape index (κ2) is 7.03. The van der Waals surface area contributed by atoms with Crippen molar-refractivity contribution in [2.75, 3.05) is 26.2 Å². The smallest absolute Gasteiger partial charge is 0.263 e. The summed E-state index contributed by atoms with van der Waals surface area (Å²) in [6.07, 6.45) is 0.215. The van der Waals surface area contributed by atoms with Gasteiger partial charge >= 0.3 is 0 Å². The maximum absolute atomic E-state index is 12.9. The summed E-state index contributed by atoms with van der Waals surface area (Å²) >= 11 is 6.33. The molecule has 2 saturated heterocycles. The third-order valence-electron chi connectivity index (χ3n) is 5.17. The van der Waals surface area contributed by atoms with Gasteiger partial charge in [0.25, 0.3) is 11.8 Å². The molecule has 0 aromatic heterocycles. The molecule has 0 aliphatic carbocycles. The largest absolute Gasteiger partial charge is 0.314 e. The number of fused-ring (bicyclic) bond motifs is 1. The van der Waals surface area contributed by atoms with E-state index >= 15 is 0 Å². The number of hydrogen-bond donors (Lipinski definition) is 2. The number of imide groups is 2. The summed E-state index contributed by atoms with van der Waals surface area (Å²) in [6, 6.07) is 2.42. The fourth-order valence-corrected chi connectivity index (χ4v) is 4.14. The van der Waals surface area contributed by atoms with Crippen LogP contribution in [0.25, 0.3) is 0 Å². The number of hydrogen-bond acceptors (Lipinski definition) is 6. The third kappa shape index (κ3) is 3.24. The van der Waals surface area contributed by atoms with E-state index in [1.165, 1.54) is 0 Å². The molecule has 9 heteroatoms. The van der Waals surface area contributed by atoms with E-state index in [0.29, 0.717) is 6.54 Å². The molecule has 3 heterocycles. The fraction of sp³-hybridized carbons (Fsp3) is 0.444. The van der Waals surface area contributed by atoms with Gasteiger partial charge in [-0.25, -0.2) is 0 Å². The number of amides is 4. The van der Waals surface area contributed by atoms with Crippen molar-refractivity contribution < 1.29 is 19.2 Å². The minimum atomic E-state index is -0.984. The van der Waals surface area contributed by atoms with Crippen LogP contribution in [0.4, 0.5) is 0 Å². The number of piperidine rings is 1. The quantitative estimate of drug-likeness (QED) is 0.713. The van der Waals surface area contributed by atoms with Crippen LogP contribution in [0.15, 0.2) is 12.1 Å². The predicted octanol–water partition coefficient (Wildman–Crippen LogP) is 0.146. The first-order valence-corrected chi connectivity index (χ1v) is 9.30. The number of piperazine rings is 1. The lowest BCUT2D eigenvalue weighted by Gasteiger charge is -2.27. The molecule has 1 unspecified atom stereocenters. The summed E-state index contributed by atoms with van der Waals surface area (Å²) < 4.78 is 0. The zero-order valence-corrected chi connectivity index (χ0v) is 15.3. The van der Waals surface area contributed by atoms with E-state index in [-0.39, 0.29) is 29.0 Å². The summed E-state index contributed by atoms with van der Waals surface area (Å²) in [4.78, 5) is 52.3. The van der Waals surface area contributed by atoms with Gasteiger partial charge in [0, 0.05) is 39.1 Å². The Bertz CT molecular complexity index is 850. The molecule has 1 aromatic carbocycles. The molecular weight excluding hydrogens is 372 g/mol. The van der Waals surface area contributed by atoms with Crippen molar-refractivity contribution in [2.24, 2.45) is 0 Å². The molecule has 142 valence electrons. The van der Waals surface area contributed by atoms with Gasteiger partial charge in [-0.1, -0.05) is 11.6 Å². The van der Waals surface area contributed by atoms with Crippen LogP contribution in [0, 0.1) is 0 Å². The van der Waals surface area contributed by atoms with Crippen LogP contribution in [0.3, 0.4) is 0 Å². The van der Waals surface area contributed by atoms with Crippen LogP contribution in [-0.2, 0) is 16.1 Å². The molecule has 1 atom stereocenters. The first-order valence-electron chi connectivity index (χ1n) is 8.93. The molecule has 0 radical (unpaired) electrons. The minimum Gasteiger partial charge on any atom is -0.314 e. The topological polar surface area (TPSA) is 98.8 Å². The van der Waals surface area contributed by atoms with Gasteiger partial charge in [-0.05, 0) is 24.1 Å². The van der Waals surface area contributed by atoms with Gasteiger partial charge < -0.3 is 5.32 Å². The normalized spacial score (nSPS) is 23.6. The second-order valence-corrected chi connectivity index (χ2v) is 7.38. The Balaban J connectivity index is 1.61. The molecule has 0 bridgehead atoms. The maximum Gasteiger partial charge on any atom is 0.263 e. The molecule has 8 nitrogen and oxygen atoms in total. The molecule has 3 aliphatic heterocycles. The van der Waals surface area contributed by atoms with Crippen LogP contribution in [0.5, 0.6) is 0 Å². The van der Waals surface area contributed by atoms with Crippen molar-refractivity contribution in [1.82, 2.24) is 20.4 Å². The maximum atomic E-state index is 12.9. The number of halogens is 1. The Morgan fingerprint density at radius 3 is 2.52 bits per heavy atom. The summed E-state index contributed by atoms with van der Waals surface area (Å²) in [5.74, 6) is -2.14. The van der Waals surface area contributed by atoms with Gasteiger partial charge in [-0.2, -0.15) is 0 Å². The number of benzene rings is 1. The number of carbonyl (C=O) groups excluding carboxylic acids is 4. The lowest BCUT2D eigenvalue weighted by Crippen LogP contribution is -2.54. The number of nitrogens with zero attached hydrogens (tertiary/aromatic N) is 2. The van der Waals surface area contributed by atoms with Crippen LogP contribution in [-0.4, -0.2) is 65.6 Å². The molecular formula is C18H19ClN4O4. The molecule has 1 aromatic rings. The summed E-state index contributed by atoms with van der Waals surface area (Å²) in [7, 11) is 0. The van der Waals surface area contributed by atoms with Crippen LogP contribution >= 0.6 is 11.6 Å². The van der Waals surface area contributed by atoms with Crippen molar-refractivity contribution in [2.45, 2.75) is 25.4 Å². The zero-order valence-electron chi connectivity index (χ0n) is 14.6. The molecule has 0 saturated carbocycles. The lowest BCUT2D eigenvalue weighted by atomic mass is 10.0. The van der Waals surface area contributed by atoms with Crippen LogP contribution in [0.1, 0.15) is 39.1 Å². The fourth-order valence-electron chi connectivity index (χ4n) is 3.82. The molecule has 3 aliphatic rings. The highest BCUT2D eigenvalue weighted by atomic mass is 35.5. The van der Waals surface area contributed by atoms with Crippen molar-refractivity contribution in [3.8, 4) is 0 Å². The van der Waals surface area contributed by atoms with E-state index in [9.17, 15) is 19.2 Å². The average Bonchev–Trinajstić information content (AvgIpc) is 2.87. The SMILES string of the molecule is O=C1CCC(N2C(=O)c3cc(CN4CCNCC4)cc(Cl)c3C2=O)C(=O)N1. The third-order valence-corrected chi connectivity index (χ3v) is 5.47. The Hall–Kier alpha value is -2.29. The predicted molar refractivity (Wildman–Crippen MR) is 96.3 cm³/mol. The van der Waals surface area contributed by atoms with Gasteiger partial charge in [0.2, 0.25) is 11.8 Å². The van der Waals surface area contributed by atoms with Gasteiger partial charge in [-0.3, -0.25) is 34.3 Å². The summed E-state index contributed by atoms with van der Waals surface area (Å²) in [6.45, 7) is 4.22. The Morgan fingerprint density at radius 1 is 1.07 bits per heavy atom. The van der Waals surface area contributed by atoms with E-state index in [1.54, 1.807) is 12.1 Å². The molecule has 4 amide bonds. The molecule has 27 heavy (non-hydrogen) atoms. The lowest BCUT2D eigenvalue weighted by molar-refractivity contribution is -0.136. The van der Waals surface area contributed by atoms with Crippen molar-refractivity contribution in [3.63, 3.8) is 0 Å². The number of rotatable bonds is 3. The van der Waals surface area contributed by atoms with E-state index in [2.05, 4.69) is 15.5 Å². The molecule has 0 spiro atoms. The number of nitrogens with one attached hydrogen (secondary N) is 2. The Labute approximate surface area is 160 Å². The standard InChI is InChI=1S/C18H19ClN4O4/c19-12-8-10(9-22-5-3-20-4-6-22)7-11-15(12)18(27)23(17(11)26)13-1-2-14(24)21-16(13)25/h7-8,13,20H,1-6,9H2,(H,21,24,25). The van der Waals surface area contributed by atoms with E-state index in [0.717, 1.165) is 36.6 Å². The zero-order chi connectivity index (χ0) is 19.1. The second-order valence-electron chi connectivity index (χ2n) is 6.97. The minimum absolute atomic E-state index is 0.0891. The van der Waals surface area contributed by atoms with E-state index in [4.69, 9.17) is 11.6 Å². The van der Waals surface area contributed by atoms with Crippen molar-refractivity contribution in [1.29, 1.82) is 0 Å². The van der Waals surface area contributed by atoms with Gasteiger partial charge in [0.15, 0.2) is 0 Å². The first kappa shape index (κ1) is 18.1. The Kier molecular flexibility index (Phi) is 4.71. The molecule has 2 N–H and O–H groups in total. The average molecular weight is 391 g/mol. The monoisotopic (exact) mass is 390 g/mol.